The second-order valence-electron chi connectivity index (χ2n) is 11.7. The Morgan fingerprint density at radius 2 is 1.20 bits per heavy atom. The SMILES string of the molecule is CC(C)c1cc(C(C)C)c(S(=O)(=O)OS2(c3ccc(CCO)cc3)c3ccccc3-c3ccccc32)c(C(C)C)c1. The summed E-state index contributed by atoms with van der Waals surface area (Å²) in [4.78, 5) is 2.89. The third-order valence-electron chi connectivity index (χ3n) is 7.86. The molecule has 0 atom stereocenters. The highest BCUT2D eigenvalue weighted by Crippen LogP contribution is 2.77. The Balaban J connectivity index is 1.81. The molecule has 4 aromatic rings. The molecule has 0 amide bonds. The fraction of sp³-hybridized carbons (Fsp3) is 0.314. The number of hydrogen-bond acceptors (Lipinski definition) is 4. The van der Waals surface area contributed by atoms with E-state index in [4.69, 9.17) is 3.63 Å². The van der Waals surface area contributed by atoms with Crippen LogP contribution < -0.4 is 0 Å². The van der Waals surface area contributed by atoms with Crippen molar-refractivity contribution in [3.05, 3.63) is 107 Å². The summed E-state index contributed by atoms with van der Waals surface area (Å²) in [5.74, 6) is 0.253. The molecule has 0 bridgehead atoms. The topological polar surface area (TPSA) is 63.6 Å². The molecule has 216 valence electrons. The van der Waals surface area contributed by atoms with E-state index in [9.17, 15) is 13.5 Å². The standard InChI is InChI=1S/C35H40O4S2/c1-23(2)27-21-31(24(3)4)35(32(22-27)25(5)6)41(37,38)39-40(28-17-15-26(16-18-28)19-20-36)33-13-9-7-11-29(33)30-12-8-10-14-34(30)40/h7-18,21-25,36H,19-20H2,1-6H3. The first kappa shape index (κ1) is 29.6. The lowest BCUT2D eigenvalue weighted by molar-refractivity contribution is 0.299. The zero-order valence-corrected chi connectivity index (χ0v) is 26.4. The molecule has 0 saturated carbocycles. The number of aliphatic hydroxyl groups is 1. The molecule has 41 heavy (non-hydrogen) atoms. The first-order valence-corrected chi connectivity index (χ1v) is 17.3. The fourth-order valence-electron chi connectivity index (χ4n) is 5.69. The van der Waals surface area contributed by atoms with E-state index in [1.54, 1.807) is 0 Å². The van der Waals surface area contributed by atoms with E-state index < -0.39 is 20.4 Å². The van der Waals surface area contributed by atoms with Crippen molar-refractivity contribution in [2.75, 3.05) is 6.61 Å². The van der Waals surface area contributed by atoms with E-state index in [1.165, 1.54) is 0 Å². The van der Waals surface area contributed by atoms with Crippen molar-refractivity contribution in [3.63, 3.8) is 0 Å². The molecule has 5 rings (SSSR count). The van der Waals surface area contributed by atoms with Gasteiger partial charge in [0.15, 0.2) is 0 Å². The maximum Gasteiger partial charge on any atom is 0.307 e. The summed E-state index contributed by atoms with van der Waals surface area (Å²) in [5.41, 5.74) is 5.71. The highest BCUT2D eigenvalue weighted by atomic mass is 32.3. The maximum atomic E-state index is 14.9. The van der Waals surface area contributed by atoms with E-state index >= 15 is 0 Å². The van der Waals surface area contributed by atoms with Gasteiger partial charge >= 0.3 is 10.1 Å². The van der Waals surface area contributed by atoms with Crippen LogP contribution in [-0.2, 0) is 20.2 Å². The number of rotatable bonds is 9. The van der Waals surface area contributed by atoms with Crippen molar-refractivity contribution in [3.8, 4) is 11.1 Å². The van der Waals surface area contributed by atoms with Crippen LogP contribution in [0.2, 0.25) is 0 Å². The first-order valence-electron chi connectivity index (χ1n) is 14.4. The van der Waals surface area contributed by atoms with Crippen molar-refractivity contribution in [1.82, 2.24) is 0 Å². The average Bonchev–Trinajstić information content (AvgIpc) is 3.23. The smallest absolute Gasteiger partial charge is 0.307 e. The molecule has 1 aliphatic heterocycles. The third-order valence-corrected chi connectivity index (χ3v) is 13.3. The van der Waals surface area contributed by atoms with Gasteiger partial charge in [0.05, 0.1) is 0 Å². The van der Waals surface area contributed by atoms with E-state index in [1.807, 2.05) is 88.4 Å². The van der Waals surface area contributed by atoms with Crippen LogP contribution in [0.5, 0.6) is 0 Å². The summed E-state index contributed by atoms with van der Waals surface area (Å²) in [7, 11) is -6.91. The number of aliphatic hydroxyl groups excluding tert-OH is 1. The van der Waals surface area contributed by atoms with E-state index in [0.717, 1.165) is 48.1 Å². The molecular weight excluding hydrogens is 549 g/mol. The van der Waals surface area contributed by atoms with Crippen LogP contribution in [-0.4, -0.2) is 20.1 Å². The van der Waals surface area contributed by atoms with Gasteiger partial charge in [-0.25, -0.2) is 3.63 Å². The molecule has 0 aliphatic carbocycles. The van der Waals surface area contributed by atoms with Crippen LogP contribution >= 0.6 is 10.3 Å². The fourth-order valence-corrected chi connectivity index (χ4v) is 11.9. The van der Waals surface area contributed by atoms with Gasteiger partial charge in [-0.1, -0.05) is 102 Å². The third kappa shape index (κ3) is 5.16. The van der Waals surface area contributed by atoms with E-state index in [0.29, 0.717) is 11.3 Å². The number of hydrogen-bond donors (Lipinski definition) is 1. The van der Waals surface area contributed by atoms with Crippen LogP contribution in [0, 0.1) is 0 Å². The van der Waals surface area contributed by atoms with Crippen molar-refractivity contribution in [2.45, 2.75) is 85.3 Å². The Hall–Kier alpha value is -2.90. The maximum absolute atomic E-state index is 14.9. The second-order valence-corrected chi connectivity index (χ2v) is 16.0. The Morgan fingerprint density at radius 3 is 1.63 bits per heavy atom. The predicted molar refractivity (Wildman–Crippen MR) is 168 cm³/mol. The minimum atomic E-state index is -4.25. The average molecular weight is 589 g/mol. The largest absolute Gasteiger partial charge is 0.396 e. The lowest BCUT2D eigenvalue weighted by Gasteiger charge is -2.37. The number of fused-ring (bicyclic) bond motifs is 3. The lowest BCUT2D eigenvalue weighted by Crippen LogP contribution is -2.18. The Labute approximate surface area is 247 Å². The van der Waals surface area contributed by atoms with Crippen molar-refractivity contribution in [1.29, 1.82) is 0 Å². The molecule has 6 heteroatoms. The molecule has 0 unspecified atom stereocenters. The van der Waals surface area contributed by atoms with Gasteiger partial charge in [0.2, 0.25) is 0 Å². The Morgan fingerprint density at radius 1 is 0.707 bits per heavy atom. The van der Waals surface area contributed by atoms with Gasteiger partial charge in [0.1, 0.15) is 4.90 Å². The summed E-state index contributed by atoms with van der Waals surface area (Å²) >= 11 is 0. The van der Waals surface area contributed by atoms with Crippen molar-refractivity contribution < 1.29 is 17.2 Å². The summed E-state index contributed by atoms with van der Waals surface area (Å²) < 4.78 is 36.5. The molecule has 1 heterocycles. The normalized spacial score (nSPS) is 14.9. The molecule has 1 N–H and O–H groups in total. The van der Waals surface area contributed by atoms with Gasteiger partial charge in [-0.15, -0.1) is 0 Å². The molecule has 0 spiro atoms. The van der Waals surface area contributed by atoms with Crippen LogP contribution in [0.15, 0.2) is 105 Å². The van der Waals surface area contributed by atoms with Gasteiger partial charge < -0.3 is 5.11 Å². The molecule has 0 saturated heterocycles. The summed E-state index contributed by atoms with van der Waals surface area (Å²) in [6.45, 7) is 12.5. The van der Waals surface area contributed by atoms with Gasteiger partial charge in [-0.3, -0.25) is 0 Å². The highest BCUT2D eigenvalue weighted by molar-refractivity contribution is 8.33. The molecule has 1 aliphatic rings. The summed E-state index contributed by atoms with van der Waals surface area (Å²) in [6.07, 6.45) is 0.534. The van der Waals surface area contributed by atoms with Gasteiger partial charge in [0.25, 0.3) is 0 Å². The second kappa shape index (κ2) is 11.4. The van der Waals surface area contributed by atoms with Crippen LogP contribution in [0.3, 0.4) is 0 Å². The van der Waals surface area contributed by atoms with Gasteiger partial charge in [-0.05, 0) is 92.1 Å². The molecule has 0 aromatic heterocycles. The monoisotopic (exact) mass is 588 g/mol. The molecule has 0 fully saturated rings. The summed E-state index contributed by atoms with van der Waals surface area (Å²) in [6, 6.07) is 28.0. The Kier molecular flexibility index (Phi) is 8.23. The first-order chi connectivity index (χ1) is 19.5. The minimum Gasteiger partial charge on any atom is -0.396 e. The molecule has 4 nitrogen and oxygen atoms in total. The zero-order chi connectivity index (χ0) is 29.5. The van der Waals surface area contributed by atoms with Gasteiger partial charge in [0, 0.05) is 21.3 Å². The van der Waals surface area contributed by atoms with Crippen LogP contribution in [0.25, 0.3) is 11.1 Å². The predicted octanol–water partition coefficient (Wildman–Crippen LogP) is 9.17. The molecule has 4 aromatic carbocycles. The lowest BCUT2D eigenvalue weighted by atomic mass is 9.89. The van der Waals surface area contributed by atoms with E-state index in [2.05, 4.69) is 38.1 Å². The quantitative estimate of drug-likeness (QED) is 0.212. The minimum absolute atomic E-state index is 0.00793. The number of benzene rings is 4. The molecular formula is C35H40O4S2. The van der Waals surface area contributed by atoms with Crippen LogP contribution in [0.1, 0.15) is 81.5 Å². The van der Waals surface area contributed by atoms with Crippen molar-refractivity contribution in [2.24, 2.45) is 0 Å². The van der Waals surface area contributed by atoms with Crippen molar-refractivity contribution >= 4 is 20.4 Å². The highest BCUT2D eigenvalue weighted by Gasteiger charge is 2.46. The Bertz CT molecular complexity index is 1590. The molecule has 0 radical (unpaired) electrons. The van der Waals surface area contributed by atoms with Crippen LogP contribution in [0.4, 0.5) is 0 Å². The van der Waals surface area contributed by atoms with Gasteiger partial charge in [-0.2, -0.15) is 8.42 Å². The zero-order valence-electron chi connectivity index (χ0n) is 24.7. The van der Waals surface area contributed by atoms with E-state index in [-0.39, 0.29) is 24.4 Å². The summed E-state index contributed by atoms with van der Waals surface area (Å²) in [5, 5.41) is 9.49.